The van der Waals surface area contributed by atoms with E-state index in [1.54, 1.807) is 48.8 Å². The standard InChI is InChI=1S/C21H19ClN2O3S/c1-15-4-5-17(21(25)24-13-16-3-2-10-23-12-16)11-18(15)14-28(26,27)20-8-6-19(22)7-9-20/h2-12H,13-14H2,1H3,(H,24,25). The predicted octanol–water partition coefficient (Wildman–Crippen LogP) is 3.95. The third-order valence-corrected chi connectivity index (χ3v) is 6.24. The van der Waals surface area contributed by atoms with Gasteiger partial charge in [0.2, 0.25) is 0 Å². The number of halogens is 1. The van der Waals surface area contributed by atoms with E-state index < -0.39 is 9.84 Å². The van der Waals surface area contributed by atoms with Crippen LogP contribution in [-0.2, 0) is 22.1 Å². The lowest BCUT2D eigenvalue weighted by atomic mass is 10.1. The maximum Gasteiger partial charge on any atom is 0.251 e. The molecule has 0 aliphatic rings. The van der Waals surface area contributed by atoms with E-state index in [0.717, 1.165) is 11.1 Å². The van der Waals surface area contributed by atoms with Crippen LogP contribution in [0.25, 0.3) is 0 Å². The van der Waals surface area contributed by atoms with E-state index in [9.17, 15) is 13.2 Å². The van der Waals surface area contributed by atoms with E-state index in [1.807, 2.05) is 13.0 Å². The molecule has 0 bridgehead atoms. The van der Waals surface area contributed by atoms with Crippen LogP contribution in [0.5, 0.6) is 0 Å². The van der Waals surface area contributed by atoms with Gasteiger partial charge in [0.05, 0.1) is 10.6 Å². The molecular formula is C21H19ClN2O3S. The quantitative estimate of drug-likeness (QED) is 0.662. The zero-order chi connectivity index (χ0) is 20.1. The Kier molecular flexibility index (Phi) is 6.11. The molecule has 1 amide bonds. The molecule has 1 N–H and O–H groups in total. The first-order valence-electron chi connectivity index (χ1n) is 8.60. The Balaban J connectivity index is 1.77. The maximum atomic E-state index is 12.7. The molecule has 0 saturated carbocycles. The Hall–Kier alpha value is -2.70. The number of carbonyl (C=O) groups excluding carboxylic acids is 1. The number of carbonyl (C=O) groups is 1. The summed E-state index contributed by atoms with van der Waals surface area (Å²) >= 11 is 5.83. The number of nitrogens with one attached hydrogen (secondary N) is 1. The summed E-state index contributed by atoms with van der Waals surface area (Å²) < 4.78 is 25.4. The van der Waals surface area contributed by atoms with E-state index >= 15 is 0 Å². The molecule has 28 heavy (non-hydrogen) atoms. The van der Waals surface area contributed by atoms with Gasteiger partial charge in [-0.2, -0.15) is 0 Å². The second kappa shape index (κ2) is 8.54. The number of benzene rings is 2. The van der Waals surface area contributed by atoms with Crippen LogP contribution in [0.15, 0.2) is 71.9 Å². The average Bonchev–Trinajstić information content (AvgIpc) is 2.69. The molecule has 0 aliphatic carbocycles. The van der Waals surface area contributed by atoms with E-state index in [1.165, 1.54) is 12.1 Å². The molecule has 1 aromatic heterocycles. The summed E-state index contributed by atoms with van der Waals surface area (Å²) in [7, 11) is -3.55. The minimum absolute atomic E-state index is 0.190. The molecule has 2 aromatic carbocycles. The fourth-order valence-corrected chi connectivity index (χ4v) is 4.25. The number of rotatable bonds is 6. The van der Waals surface area contributed by atoms with Crippen molar-refractivity contribution in [3.63, 3.8) is 0 Å². The highest BCUT2D eigenvalue weighted by Crippen LogP contribution is 2.21. The molecule has 0 spiro atoms. The zero-order valence-electron chi connectivity index (χ0n) is 15.2. The van der Waals surface area contributed by atoms with E-state index in [0.29, 0.717) is 22.7 Å². The van der Waals surface area contributed by atoms with Gasteiger partial charge in [-0.1, -0.05) is 23.7 Å². The summed E-state index contributed by atoms with van der Waals surface area (Å²) in [4.78, 5) is 16.7. The molecule has 0 saturated heterocycles. The monoisotopic (exact) mass is 414 g/mol. The van der Waals surface area contributed by atoms with Crippen molar-refractivity contribution in [3.8, 4) is 0 Å². The van der Waals surface area contributed by atoms with Crippen LogP contribution < -0.4 is 5.32 Å². The Bertz CT molecular complexity index is 1080. The van der Waals surface area contributed by atoms with Gasteiger partial charge in [-0.25, -0.2) is 8.42 Å². The minimum atomic E-state index is -3.55. The van der Waals surface area contributed by atoms with Gasteiger partial charge in [0.1, 0.15) is 0 Å². The molecule has 0 fully saturated rings. The summed E-state index contributed by atoms with van der Waals surface area (Å²) in [5.74, 6) is -0.460. The Morgan fingerprint density at radius 3 is 2.54 bits per heavy atom. The number of pyridine rings is 1. The van der Waals surface area contributed by atoms with Gasteiger partial charge in [-0.15, -0.1) is 0 Å². The lowest BCUT2D eigenvalue weighted by molar-refractivity contribution is 0.0950. The maximum absolute atomic E-state index is 12.7. The summed E-state index contributed by atoms with van der Waals surface area (Å²) in [6, 6.07) is 14.8. The van der Waals surface area contributed by atoms with Crippen molar-refractivity contribution in [2.24, 2.45) is 0 Å². The van der Waals surface area contributed by atoms with Crippen molar-refractivity contribution in [3.05, 3.63) is 94.3 Å². The number of sulfone groups is 1. The molecule has 7 heteroatoms. The average molecular weight is 415 g/mol. The van der Waals surface area contributed by atoms with Gasteiger partial charge in [0.25, 0.3) is 5.91 Å². The largest absolute Gasteiger partial charge is 0.348 e. The number of amides is 1. The normalized spacial score (nSPS) is 11.2. The summed E-state index contributed by atoms with van der Waals surface area (Å²) in [6.45, 7) is 2.17. The molecule has 144 valence electrons. The third kappa shape index (κ3) is 4.97. The minimum Gasteiger partial charge on any atom is -0.348 e. The number of aromatic nitrogens is 1. The van der Waals surface area contributed by atoms with Gasteiger partial charge >= 0.3 is 0 Å². The molecule has 0 atom stereocenters. The van der Waals surface area contributed by atoms with Crippen molar-refractivity contribution in [2.45, 2.75) is 24.1 Å². The fraction of sp³-hybridized carbons (Fsp3) is 0.143. The van der Waals surface area contributed by atoms with Gasteiger partial charge in [-0.05, 0) is 66.1 Å². The van der Waals surface area contributed by atoms with Crippen molar-refractivity contribution in [1.82, 2.24) is 10.3 Å². The predicted molar refractivity (Wildman–Crippen MR) is 109 cm³/mol. The van der Waals surface area contributed by atoms with E-state index in [4.69, 9.17) is 11.6 Å². The molecule has 3 aromatic rings. The molecule has 0 radical (unpaired) electrons. The smallest absolute Gasteiger partial charge is 0.251 e. The Morgan fingerprint density at radius 1 is 1.11 bits per heavy atom. The highest BCUT2D eigenvalue weighted by atomic mass is 35.5. The molecule has 3 rings (SSSR count). The molecule has 1 heterocycles. The van der Waals surface area contributed by atoms with Crippen LogP contribution >= 0.6 is 11.6 Å². The number of aryl methyl sites for hydroxylation is 1. The molecular weight excluding hydrogens is 396 g/mol. The number of nitrogens with zero attached hydrogens (tertiary/aromatic N) is 1. The van der Waals surface area contributed by atoms with Crippen molar-refractivity contribution >= 4 is 27.3 Å². The fourth-order valence-electron chi connectivity index (χ4n) is 2.69. The SMILES string of the molecule is Cc1ccc(C(=O)NCc2cccnc2)cc1CS(=O)(=O)c1ccc(Cl)cc1. The zero-order valence-corrected chi connectivity index (χ0v) is 16.8. The van der Waals surface area contributed by atoms with Crippen molar-refractivity contribution < 1.29 is 13.2 Å². The van der Waals surface area contributed by atoms with Crippen LogP contribution in [0.1, 0.15) is 27.0 Å². The summed E-state index contributed by atoms with van der Waals surface area (Å²) in [6.07, 6.45) is 3.35. The lowest BCUT2D eigenvalue weighted by Gasteiger charge is -2.11. The van der Waals surface area contributed by atoms with Crippen LogP contribution in [-0.4, -0.2) is 19.3 Å². The van der Waals surface area contributed by atoms with E-state index in [2.05, 4.69) is 10.3 Å². The Morgan fingerprint density at radius 2 is 1.86 bits per heavy atom. The number of hydrogen-bond acceptors (Lipinski definition) is 4. The van der Waals surface area contributed by atoms with Crippen LogP contribution in [0.4, 0.5) is 0 Å². The Labute approximate surface area is 169 Å². The van der Waals surface area contributed by atoms with Crippen LogP contribution in [0, 0.1) is 6.92 Å². The lowest BCUT2D eigenvalue weighted by Crippen LogP contribution is -2.23. The highest BCUT2D eigenvalue weighted by Gasteiger charge is 2.18. The van der Waals surface area contributed by atoms with Crippen molar-refractivity contribution in [1.29, 1.82) is 0 Å². The third-order valence-electron chi connectivity index (χ3n) is 4.31. The van der Waals surface area contributed by atoms with Gasteiger partial charge in [0.15, 0.2) is 9.84 Å². The van der Waals surface area contributed by atoms with E-state index in [-0.39, 0.29) is 16.6 Å². The van der Waals surface area contributed by atoms with Crippen molar-refractivity contribution in [2.75, 3.05) is 0 Å². The summed E-state index contributed by atoms with van der Waals surface area (Å²) in [5.41, 5.74) is 2.69. The van der Waals surface area contributed by atoms with Gasteiger partial charge in [-0.3, -0.25) is 9.78 Å². The second-order valence-electron chi connectivity index (χ2n) is 6.40. The second-order valence-corrected chi connectivity index (χ2v) is 8.82. The molecule has 5 nitrogen and oxygen atoms in total. The first kappa shape index (κ1) is 20.0. The topological polar surface area (TPSA) is 76.1 Å². The first-order chi connectivity index (χ1) is 13.3. The molecule has 0 unspecified atom stereocenters. The number of hydrogen-bond donors (Lipinski definition) is 1. The van der Waals surface area contributed by atoms with Crippen LogP contribution in [0.2, 0.25) is 5.02 Å². The summed E-state index contributed by atoms with van der Waals surface area (Å²) in [5, 5.41) is 3.29. The highest BCUT2D eigenvalue weighted by molar-refractivity contribution is 7.90. The van der Waals surface area contributed by atoms with Crippen LogP contribution in [0.3, 0.4) is 0 Å². The molecule has 0 aliphatic heterocycles. The van der Waals surface area contributed by atoms with Gasteiger partial charge < -0.3 is 5.32 Å². The van der Waals surface area contributed by atoms with Gasteiger partial charge in [0, 0.05) is 29.5 Å². The first-order valence-corrected chi connectivity index (χ1v) is 10.6.